The van der Waals surface area contributed by atoms with Gasteiger partial charge in [0.2, 0.25) is 5.91 Å². The zero-order chi connectivity index (χ0) is 11.4. The molecule has 1 amide bonds. The summed E-state index contributed by atoms with van der Waals surface area (Å²) in [5, 5.41) is 6.04. The summed E-state index contributed by atoms with van der Waals surface area (Å²) in [7, 11) is 0. The van der Waals surface area contributed by atoms with Gasteiger partial charge >= 0.3 is 0 Å². The second-order valence-corrected chi connectivity index (χ2v) is 4.08. The molecule has 5 nitrogen and oxygen atoms in total. The van der Waals surface area contributed by atoms with E-state index in [0.29, 0.717) is 5.82 Å². The van der Waals surface area contributed by atoms with Gasteiger partial charge in [-0.2, -0.15) is 0 Å². The second-order valence-electron chi connectivity index (χ2n) is 4.08. The molecule has 1 unspecified atom stereocenters. The van der Waals surface area contributed by atoms with Crippen LogP contribution >= 0.6 is 0 Å². The number of nitrogens with one attached hydrogen (secondary N) is 2. The van der Waals surface area contributed by atoms with Gasteiger partial charge in [-0.3, -0.25) is 4.79 Å². The van der Waals surface area contributed by atoms with Crippen molar-refractivity contribution in [3.05, 3.63) is 18.1 Å². The van der Waals surface area contributed by atoms with Crippen LogP contribution < -0.4 is 10.6 Å². The molecule has 2 N–H and O–H groups in total. The number of aryl methyl sites for hydroxylation is 1. The number of piperidine rings is 1. The lowest BCUT2D eigenvalue weighted by Crippen LogP contribution is -2.37. The van der Waals surface area contributed by atoms with Crippen molar-refractivity contribution < 1.29 is 4.79 Å². The number of hydrogen-bond acceptors (Lipinski definition) is 4. The largest absolute Gasteiger partial charge is 0.316 e. The Morgan fingerprint density at radius 3 is 3.12 bits per heavy atom. The van der Waals surface area contributed by atoms with Crippen LogP contribution in [0.3, 0.4) is 0 Å². The molecule has 86 valence electrons. The molecule has 0 saturated carbocycles. The highest BCUT2D eigenvalue weighted by molar-refractivity contribution is 5.91. The first kappa shape index (κ1) is 11.0. The average molecular weight is 220 g/mol. The van der Waals surface area contributed by atoms with Crippen LogP contribution in [0.1, 0.15) is 18.5 Å². The molecule has 1 aromatic rings. The molecule has 0 aromatic carbocycles. The maximum atomic E-state index is 11.9. The van der Waals surface area contributed by atoms with Crippen LogP contribution in [0.4, 0.5) is 5.82 Å². The van der Waals surface area contributed by atoms with Gasteiger partial charge < -0.3 is 10.6 Å². The lowest BCUT2D eigenvalue weighted by molar-refractivity contribution is -0.120. The van der Waals surface area contributed by atoms with Gasteiger partial charge in [-0.05, 0) is 26.3 Å². The van der Waals surface area contributed by atoms with Gasteiger partial charge in [0, 0.05) is 18.3 Å². The van der Waals surface area contributed by atoms with E-state index in [9.17, 15) is 4.79 Å². The number of hydrogen-bond donors (Lipinski definition) is 2. The fourth-order valence-corrected chi connectivity index (χ4v) is 1.83. The number of rotatable bonds is 2. The van der Waals surface area contributed by atoms with Crippen molar-refractivity contribution in [3.8, 4) is 0 Å². The van der Waals surface area contributed by atoms with E-state index in [-0.39, 0.29) is 11.8 Å². The molecular weight excluding hydrogens is 204 g/mol. The zero-order valence-corrected chi connectivity index (χ0v) is 9.36. The van der Waals surface area contributed by atoms with E-state index in [1.165, 1.54) is 6.33 Å². The van der Waals surface area contributed by atoms with Gasteiger partial charge in [0.25, 0.3) is 0 Å². The highest BCUT2D eigenvalue weighted by atomic mass is 16.2. The van der Waals surface area contributed by atoms with Crippen molar-refractivity contribution in [2.45, 2.75) is 19.8 Å². The fraction of sp³-hybridized carbons (Fsp3) is 0.545. The van der Waals surface area contributed by atoms with E-state index in [0.717, 1.165) is 31.6 Å². The minimum atomic E-state index is 0.0466. The molecule has 1 fully saturated rings. The Hall–Kier alpha value is -1.49. The lowest BCUT2D eigenvalue weighted by atomic mass is 9.99. The third-order valence-electron chi connectivity index (χ3n) is 2.72. The number of carbonyl (C=O) groups excluding carboxylic acids is 1. The monoisotopic (exact) mass is 220 g/mol. The predicted octanol–water partition coefficient (Wildman–Crippen LogP) is 0.723. The van der Waals surface area contributed by atoms with Crippen molar-refractivity contribution in [2.24, 2.45) is 5.92 Å². The third-order valence-corrected chi connectivity index (χ3v) is 2.72. The van der Waals surface area contributed by atoms with E-state index >= 15 is 0 Å². The second kappa shape index (κ2) is 5.03. The maximum Gasteiger partial charge on any atom is 0.229 e. The molecule has 16 heavy (non-hydrogen) atoms. The summed E-state index contributed by atoms with van der Waals surface area (Å²) in [5.74, 6) is 0.692. The van der Waals surface area contributed by atoms with Gasteiger partial charge in [-0.15, -0.1) is 0 Å². The summed E-state index contributed by atoms with van der Waals surface area (Å²) in [6.45, 7) is 3.64. The lowest BCUT2D eigenvalue weighted by Gasteiger charge is -2.21. The fourth-order valence-electron chi connectivity index (χ4n) is 1.83. The number of aromatic nitrogens is 2. The highest BCUT2D eigenvalue weighted by Gasteiger charge is 2.20. The summed E-state index contributed by atoms with van der Waals surface area (Å²) in [6, 6.07) is 1.77. The number of anilines is 1. The Labute approximate surface area is 94.7 Å². The first-order valence-corrected chi connectivity index (χ1v) is 5.56. The number of amides is 1. The van der Waals surface area contributed by atoms with Crippen LogP contribution in [-0.2, 0) is 4.79 Å². The normalized spacial score (nSPS) is 20.4. The smallest absolute Gasteiger partial charge is 0.229 e. The Balaban J connectivity index is 1.96. The zero-order valence-electron chi connectivity index (χ0n) is 9.36. The minimum Gasteiger partial charge on any atom is -0.316 e. The SMILES string of the molecule is Cc1cc(NC(=O)C2CCCNC2)ncn1. The summed E-state index contributed by atoms with van der Waals surface area (Å²) in [4.78, 5) is 19.9. The van der Waals surface area contributed by atoms with Gasteiger partial charge in [0.1, 0.15) is 12.1 Å². The number of nitrogens with zero attached hydrogens (tertiary/aromatic N) is 2. The predicted molar refractivity (Wildman–Crippen MR) is 61.0 cm³/mol. The molecule has 1 aliphatic heterocycles. The molecule has 1 atom stereocenters. The summed E-state index contributed by atoms with van der Waals surface area (Å²) < 4.78 is 0. The summed E-state index contributed by atoms with van der Waals surface area (Å²) >= 11 is 0. The van der Waals surface area contributed by atoms with Crippen molar-refractivity contribution in [1.29, 1.82) is 0 Å². The third kappa shape index (κ3) is 2.76. The van der Waals surface area contributed by atoms with Gasteiger partial charge in [0.05, 0.1) is 5.92 Å². The quantitative estimate of drug-likeness (QED) is 0.770. The molecule has 1 aromatic heterocycles. The highest BCUT2D eigenvalue weighted by Crippen LogP contribution is 2.12. The molecule has 0 aliphatic carbocycles. The molecule has 2 heterocycles. The van der Waals surface area contributed by atoms with Crippen molar-refractivity contribution in [3.63, 3.8) is 0 Å². The number of carbonyl (C=O) groups is 1. The van der Waals surface area contributed by atoms with E-state index in [1.54, 1.807) is 6.07 Å². The molecule has 1 saturated heterocycles. The minimum absolute atomic E-state index is 0.0466. The molecule has 0 radical (unpaired) electrons. The summed E-state index contributed by atoms with van der Waals surface area (Å²) in [5.41, 5.74) is 0.854. The Bertz CT molecular complexity index is 374. The van der Waals surface area contributed by atoms with E-state index in [4.69, 9.17) is 0 Å². The van der Waals surface area contributed by atoms with Crippen molar-refractivity contribution in [2.75, 3.05) is 18.4 Å². The molecule has 1 aliphatic rings. The van der Waals surface area contributed by atoms with Crippen LogP contribution in [0, 0.1) is 12.8 Å². The van der Waals surface area contributed by atoms with Crippen LogP contribution in [-0.4, -0.2) is 29.0 Å². The first-order chi connectivity index (χ1) is 7.75. The maximum absolute atomic E-state index is 11.9. The van der Waals surface area contributed by atoms with Crippen LogP contribution in [0.15, 0.2) is 12.4 Å². The van der Waals surface area contributed by atoms with Crippen molar-refractivity contribution >= 4 is 11.7 Å². The molecule has 2 rings (SSSR count). The topological polar surface area (TPSA) is 66.9 Å². The van der Waals surface area contributed by atoms with Gasteiger partial charge in [-0.1, -0.05) is 0 Å². The summed E-state index contributed by atoms with van der Waals surface area (Å²) in [6.07, 6.45) is 3.47. The van der Waals surface area contributed by atoms with Crippen LogP contribution in [0.2, 0.25) is 0 Å². The Morgan fingerprint density at radius 1 is 1.56 bits per heavy atom. The van der Waals surface area contributed by atoms with E-state index in [2.05, 4.69) is 20.6 Å². The van der Waals surface area contributed by atoms with Crippen LogP contribution in [0.5, 0.6) is 0 Å². The van der Waals surface area contributed by atoms with Crippen molar-refractivity contribution in [1.82, 2.24) is 15.3 Å². The Kier molecular flexibility index (Phi) is 3.46. The average Bonchev–Trinajstić information content (AvgIpc) is 2.30. The Morgan fingerprint density at radius 2 is 2.44 bits per heavy atom. The van der Waals surface area contributed by atoms with E-state index in [1.807, 2.05) is 6.92 Å². The molecule has 0 spiro atoms. The molecule has 0 bridgehead atoms. The molecular formula is C11H16N4O. The molecule has 5 heteroatoms. The van der Waals surface area contributed by atoms with Gasteiger partial charge in [0.15, 0.2) is 0 Å². The first-order valence-electron chi connectivity index (χ1n) is 5.56. The van der Waals surface area contributed by atoms with Gasteiger partial charge in [-0.25, -0.2) is 9.97 Å². The van der Waals surface area contributed by atoms with Crippen LogP contribution in [0.25, 0.3) is 0 Å². The van der Waals surface area contributed by atoms with E-state index < -0.39 is 0 Å². The standard InChI is InChI=1S/C11H16N4O/c1-8-5-10(14-7-13-8)15-11(16)9-3-2-4-12-6-9/h5,7,9,12H,2-4,6H2,1H3,(H,13,14,15,16).